The van der Waals surface area contributed by atoms with Gasteiger partial charge in [0.15, 0.2) is 0 Å². The Morgan fingerprint density at radius 2 is 1.68 bits per heavy atom. The minimum absolute atomic E-state index is 0.295. The minimum atomic E-state index is 0.295. The Kier molecular flexibility index (Phi) is 5.64. The summed E-state index contributed by atoms with van der Waals surface area (Å²) in [5.74, 6) is 0.977. The second kappa shape index (κ2) is 7.25. The molecule has 0 aliphatic carbocycles. The molecule has 0 radical (unpaired) electrons. The van der Waals surface area contributed by atoms with E-state index < -0.39 is 0 Å². The van der Waals surface area contributed by atoms with Gasteiger partial charge in [-0.15, -0.1) is 0 Å². The van der Waals surface area contributed by atoms with Crippen LogP contribution in [0.4, 0.5) is 0 Å². The van der Waals surface area contributed by atoms with Crippen LogP contribution in [0.15, 0.2) is 0 Å². The van der Waals surface area contributed by atoms with Crippen molar-refractivity contribution >= 4 is 5.91 Å². The lowest BCUT2D eigenvalue weighted by atomic mass is 9.91. The first-order chi connectivity index (χ1) is 9.16. The van der Waals surface area contributed by atoms with Crippen LogP contribution in [0.2, 0.25) is 0 Å². The van der Waals surface area contributed by atoms with Gasteiger partial charge in [-0.2, -0.15) is 0 Å². The molecule has 1 amide bonds. The van der Waals surface area contributed by atoms with Gasteiger partial charge in [-0.05, 0) is 51.6 Å². The number of likely N-dealkylation sites (tertiary alicyclic amines) is 2. The van der Waals surface area contributed by atoms with Crippen LogP contribution in [-0.2, 0) is 4.79 Å². The van der Waals surface area contributed by atoms with Crippen molar-refractivity contribution in [1.82, 2.24) is 9.80 Å². The number of piperidine rings is 1. The fraction of sp³-hybridized carbons (Fsp3) is 0.933. The molecule has 0 aromatic heterocycles. The summed E-state index contributed by atoms with van der Waals surface area (Å²) < 4.78 is 0. The predicted octanol–water partition coefficient (Wildman–Crippen LogP) is 1.45. The third kappa shape index (κ3) is 4.46. The molecule has 2 saturated heterocycles. The molecular weight excluding hydrogens is 238 g/mol. The minimum Gasteiger partial charge on any atom is -0.342 e. The number of nitrogens with two attached hydrogens (primary N) is 1. The first-order valence-electron chi connectivity index (χ1n) is 7.92. The second-order valence-electron chi connectivity index (χ2n) is 6.27. The zero-order valence-electron chi connectivity index (χ0n) is 12.3. The predicted molar refractivity (Wildman–Crippen MR) is 77.9 cm³/mol. The largest absolute Gasteiger partial charge is 0.342 e. The molecule has 2 N–H and O–H groups in total. The molecule has 2 fully saturated rings. The van der Waals surface area contributed by atoms with Crippen LogP contribution in [0.5, 0.6) is 0 Å². The Morgan fingerprint density at radius 1 is 1.11 bits per heavy atom. The van der Waals surface area contributed by atoms with Crippen molar-refractivity contribution in [3.05, 3.63) is 0 Å². The van der Waals surface area contributed by atoms with Gasteiger partial charge in [0.2, 0.25) is 5.91 Å². The van der Waals surface area contributed by atoms with Gasteiger partial charge in [0, 0.05) is 19.1 Å². The molecule has 0 aromatic carbocycles. The average Bonchev–Trinajstić information content (AvgIpc) is 2.68. The summed E-state index contributed by atoms with van der Waals surface area (Å²) in [7, 11) is 0. The lowest BCUT2D eigenvalue weighted by molar-refractivity contribution is -0.132. The molecule has 0 bridgehead atoms. The highest BCUT2D eigenvalue weighted by molar-refractivity contribution is 5.78. The van der Waals surface area contributed by atoms with Crippen LogP contribution in [-0.4, -0.2) is 54.5 Å². The Balaban J connectivity index is 1.73. The highest BCUT2D eigenvalue weighted by Crippen LogP contribution is 2.19. The van der Waals surface area contributed by atoms with E-state index in [2.05, 4.69) is 16.7 Å². The topological polar surface area (TPSA) is 49.6 Å². The van der Waals surface area contributed by atoms with E-state index in [4.69, 9.17) is 5.73 Å². The van der Waals surface area contributed by atoms with Crippen LogP contribution in [0.25, 0.3) is 0 Å². The van der Waals surface area contributed by atoms with Crippen molar-refractivity contribution in [2.75, 3.05) is 32.7 Å². The van der Waals surface area contributed by atoms with Crippen molar-refractivity contribution < 1.29 is 4.79 Å². The molecule has 0 spiro atoms. The zero-order valence-corrected chi connectivity index (χ0v) is 12.3. The molecule has 2 aliphatic heterocycles. The third-order valence-corrected chi connectivity index (χ3v) is 4.69. The lowest BCUT2D eigenvalue weighted by Crippen LogP contribution is -2.45. The third-order valence-electron chi connectivity index (χ3n) is 4.69. The van der Waals surface area contributed by atoms with E-state index in [1.54, 1.807) is 0 Å². The Labute approximate surface area is 117 Å². The summed E-state index contributed by atoms with van der Waals surface area (Å²) >= 11 is 0. The number of hydrogen-bond acceptors (Lipinski definition) is 3. The van der Waals surface area contributed by atoms with Gasteiger partial charge in [0.05, 0.1) is 6.54 Å². The van der Waals surface area contributed by atoms with E-state index >= 15 is 0 Å². The fourth-order valence-corrected chi connectivity index (χ4v) is 3.25. The Bertz CT molecular complexity index is 277. The molecular formula is C15H29N3O. The number of hydrogen-bond donors (Lipinski definition) is 1. The Hall–Kier alpha value is -0.610. The first kappa shape index (κ1) is 14.8. The van der Waals surface area contributed by atoms with Crippen LogP contribution in [0.3, 0.4) is 0 Å². The maximum atomic E-state index is 12.3. The van der Waals surface area contributed by atoms with E-state index in [0.717, 1.165) is 39.0 Å². The van der Waals surface area contributed by atoms with E-state index in [1.807, 2.05) is 0 Å². The summed E-state index contributed by atoms with van der Waals surface area (Å²) in [6.45, 7) is 6.72. The summed E-state index contributed by atoms with van der Waals surface area (Å²) in [6.07, 6.45) is 7.21. The molecule has 110 valence electrons. The summed E-state index contributed by atoms with van der Waals surface area (Å²) in [5, 5.41) is 0. The van der Waals surface area contributed by atoms with E-state index in [-0.39, 0.29) is 0 Å². The van der Waals surface area contributed by atoms with Crippen LogP contribution >= 0.6 is 0 Å². The standard InChI is InChI=1S/C15H29N3O/c1-13(16)14-6-10-17(11-7-14)12-15(19)18-8-4-2-3-5-9-18/h13-14H,2-12,16H2,1H3. The normalized spacial score (nSPS) is 25.1. The van der Waals surface area contributed by atoms with Crippen molar-refractivity contribution in [1.29, 1.82) is 0 Å². The van der Waals surface area contributed by atoms with Gasteiger partial charge in [-0.3, -0.25) is 9.69 Å². The Morgan fingerprint density at radius 3 is 2.21 bits per heavy atom. The molecule has 4 heteroatoms. The van der Waals surface area contributed by atoms with Gasteiger partial charge in [-0.1, -0.05) is 12.8 Å². The first-order valence-corrected chi connectivity index (χ1v) is 7.92. The quantitative estimate of drug-likeness (QED) is 0.842. The highest BCUT2D eigenvalue weighted by Gasteiger charge is 2.24. The van der Waals surface area contributed by atoms with E-state index in [9.17, 15) is 4.79 Å². The summed E-state index contributed by atoms with van der Waals surface area (Å²) in [6, 6.07) is 0.295. The zero-order chi connectivity index (χ0) is 13.7. The summed E-state index contributed by atoms with van der Waals surface area (Å²) in [4.78, 5) is 16.7. The monoisotopic (exact) mass is 267 g/mol. The highest BCUT2D eigenvalue weighted by atomic mass is 16.2. The van der Waals surface area contributed by atoms with Crippen molar-refractivity contribution in [3.63, 3.8) is 0 Å². The molecule has 1 atom stereocenters. The SMILES string of the molecule is CC(N)C1CCN(CC(=O)N2CCCCCC2)CC1. The van der Waals surface area contributed by atoms with Gasteiger partial charge >= 0.3 is 0 Å². The molecule has 0 aromatic rings. The molecule has 0 saturated carbocycles. The maximum absolute atomic E-state index is 12.3. The number of amides is 1. The van der Waals surface area contributed by atoms with Gasteiger partial charge in [-0.25, -0.2) is 0 Å². The number of carbonyl (C=O) groups excluding carboxylic acids is 1. The van der Waals surface area contributed by atoms with Crippen molar-refractivity contribution in [3.8, 4) is 0 Å². The number of nitrogens with zero attached hydrogens (tertiary/aromatic N) is 2. The number of rotatable bonds is 3. The van der Waals surface area contributed by atoms with E-state index in [0.29, 0.717) is 24.4 Å². The molecule has 1 unspecified atom stereocenters. The van der Waals surface area contributed by atoms with Crippen LogP contribution in [0.1, 0.15) is 45.4 Å². The maximum Gasteiger partial charge on any atom is 0.236 e. The lowest BCUT2D eigenvalue weighted by Gasteiger charge is -2.34. The fourth-order valence-electron chi connectivity index (χ4n) is 3.25. The van der Waals surface area contributed by atoms with Gasteiger partial charge < -0.3 is 10.6 Å². The van der Waals surface area contributed by atoms with Crippen molar-refractivity contribution in [2.45, 2.75) is 51.5 Å². The average molecular weight is 267 g/mol. The second-order valence-corrected chi connectivity index (χ2v) is 6.27. The molecule has 2 rings (SSSR count). The summed E-state index contributed by atoms with van der Waals surface area (Å²) in [5.41, 5.74) is 5.95. The molecule has 2 aliphatic rings. The molecule has 2 heterocycles. The molecule has 4 nitrogen and oxygen atoms in total. The van der Waals surface area contributed by atoms with Gasteiger partial charge in [0.1, 0.15) is 0 Å². The number of carbonyl (C=O) groups is 1. The molecule has 19 heavy (non-hydrogen) atoms. The van der Waals surface area contributed by atoms with E-state index in [1.165, 1.54) is 25.7 Å². The van der Waals surface area contributed by atoms with Gasteiger partial charge in [0.25, 0.3) is 0 Å². The smallest absolute Gasteiger partial charge is 0.236 e. The van der Waals surface area contributed by atoms with Crippen LogP contribution < -0.4 is 5.73 Å². The van der Waals surface area contributed by atoms with Crippen LogP contribution in [0, 0.1) is 5.92 Å². The van der Waals surface area contributed by atoms with Crippen molar-refractivity contribution in [2.24, 2.45) is 11.7 Å².